The van der Waals surface area contributed by atoms with E-state index in [1.165, 1.54) is 11.8 Å². The van der Waals surface area contributed by atoms with Crippen molar-refractivity contribution in [2.45, 2.75) is 57.5 Å². The molecule has 0 bridgehead atoms. The summed E-state index contributed by atoms with van der Waals surface area (Å²) in [6.45, 7) is 8.28. The van der Waals surface area contributed by atoms with Gasteiger partial charge in [-0.3, -0.25) is 14.2 Å². The number of rotatable bonds is 8. The van der Waals surface area contributed by atoms with Crippen molar-refractivity contribution < 1.29 is 9.53 Å². The highest BCUT2D eigenvalue weighted by atomic mass is 32.2. The number of unbranched alkanes of at least 4 members (excludes halogenated alkanes) is 1. The molecule has 1 unspecified atom stereocenters. The topological polar surface area (TPSA) is 107 Å². The Labute approximate surface area is 204 Å². The van der Waals surface area contributed by atoms with Crippen molar-refractivity contribution in [3.63, 3.8) is 0 Å². The van der Waals surface area contributed by atoms with Crippen molar-refractivity contribution in [1.82, 2.24) is 19.5 Å². The molecule has 0 saturated carbocycles. The highest BCUT2D eigenvalue weighted by Gasteiger charge is 2.23. The fourth-order valence-corrected chi connectivity index (χ4v) is 5.78. The first-order chi connectivity index (χ1) is 16.3. The molecule has 3 aromatic heterocycles. The zero-order valence-electron chi connectivity index (χ0n) is 19.5. The van der Waals surface area contributed by atoms with Gasteiger partial charge in [-0.15, -0.1) is 11.3 Å². The van der Waals surface area contributed by atoms with Gasteiger partial charge >= 0.3 is 5.97 Å². The number of H-pyrrole nitrogens is 1. The van der Waals surface area contributed by atoms with Crippen LogP contribution in [-0.2, 0) is 11.3 Å². The summed E-state index contributed by atoms with van der Waals surface area (Å²) in [6, 6.07) is 7.31. The molecular formula is C24H26N4O4S2. The number of carbonyl (C=O) groups is 1. The van der Waals surface area contributed by atoms with Gasteiger partial charge in [0.25, 0.3) is 11.1 Å². The largest absolute Gasteiger partial charge is 0.462 e. The van der Waals surface area contributed by atoms with Crippen LogP contribution in [0.4, 0.5) is 0 Å². The van der Waals surface area contributed by atoms with E-state index in [-0.39, 0.29) is 23.0 Å². The molecular weight excluding hydrogens is 472 g/mol. The maximum atomic E-state index is 13.2. The normalized spacial score (nSPS) is 12.4. The van der Waals surface area contributed by atoms with Crippen molar-refractivity contribution in [2.75, 3.05) is 6.61 Å². The Morgan fingerprint density at radius 3 is 2.74 bits per heavy atom. The van der Waals surface area contributed by atoms with Gasteiger partial charge in [0.2, 0.25) is 0 Å². The van der Waals surface area contributed by atoms with E-state index in [1.54, 1.807) is 24.5 Å². The summed E-state index contributed by atoms with van der Waals surface area (Å²) in [7, 11) is 0. The van der Waals surface area contributed by atoms with E-state index in [2.05, 4.69) is 16.9 Å². The molecule has 0 amide bonds. The Kier molecular flexibility index (Phi) is 7.18. The lowest BCUT2D eigenvalue weighted by Crippen LogP contribution is -2.24. The minimum atomic E-state index is -0.452. The Morgan fingerprint density at radius 1 is 1.24 bits per heavy atom. The number of para-hydroxylation sites is 1. The third kappa shape index (κ3) is 4.52. The molecule has 1 N–H and O–H groups in total. The first-order valence-corrected chi connectivity index (χ1v) is 12.9. The van der Waals surface area contributed by atoms with Crippen LogP contribution in [0.2, 0.25) is 0 Å². The number of ether oxygens (including phenoxy) is 1. The number of thiophene rings is 1. The highest BCUT2D eigenvalue weighted by molar-refractivity contribution is 7.99. The van der Waals surface area contributed by atoms with Crippen LogP contribution in [0.5, 0.6) is 0 Å². The maximum absolute atomic E-state index is 13.2. The van der Waals surface area contributed by atoms with Crippen LogP contribution in [0.15, 0.2) is 39.0 Å². The molecule has 0 aliphatic carbocycles. The summed E-state index contributed by atoms with van der Waals surface area (Å²) in [5.41, 5.74) is 0.841. The van der Waals surface area contributed by atoms with E-state index in [1.807, 2.05) is 25.1 Å². The Balaban J connectivity index is 1.74. The van der Waals surface area contributed by atoms with Crippen molar-refractivity contribution in [3.05, 3.63) is 61.2 Å². The van der Waals surface area contributed by atoms with Crippen LogP contribution in [0.3, 0.4) is 0 Å². The zero-order valence-corrected chi connectivity index (χ0v) is 21.1. The van der Waals surface area contributed by atoms with E-state index in [0.717, 1.165) is 24.2 Å². The van der Waals surface area contributed by atoms with Gasteiger partial charge in [-0.2, -0.15) is 0 Å². The van der Waals surface area contributed by atoms with Crippen molar-refractivity contribution in [1.29, 1.82) is 0 Å². The molecule has 0 radical (unpaired) electrons. The average Bonchev–Trinajstić information content (AvgIpc) is 3.16. The molecule has 1 aromatic carbocycles. The first-order valence-electron chi connectivity index (χ1n) is 11.2. The molecule has 3 heterocycles. The molecule has 10 heteroatoms. The molecule has 4 rings (SSSR count). The van der Waals surface area contributed by atoms with E-state index >= 15 is 0 Å². The second kappa shape index (κ2) is 10.1. The molecule has 0 fully saturated rings. The number of nitrogens with zero attached hydrogens (tertiary/aromatic N) is 3. The summed E-state index contributed by atoms with van der Waals surface area (Å²) in [5, 5.41) is 1.29. The molecule has 178 valence electrons. The van der Waals surface area contributed by atoms with Gasteiger partial charge < -0.3 is 9.72 Å². The molecule has 0 spiro atoms. The number of hydrogen-bond donors (Lipinski definition) is 1. The number of aryl methyl sites for hydroxylation is 1. The third-order valence-corrected chi connectivity index (χ3v) is 7.77. The lowest BCUT2D eigenvalue weighted by atomic mass is 10.2. The number of thioether (sulfide) groups is 1. The highest BCUT2D eigenvalue weighted by Crippen LogP contribution is 2.34. The van der Waals surface area contributed by atoms with Crippen LogP contribution in [0.1, 0.15) is 59.9 Å². The van der Waals surface area contributed by atoms with Crippen molar-refractivity contribution in [2.24, 2.45) is 0 Å². The van der Waals surface area contributed by atoms with Gasteiger partial charge in [0.1, 0.15) is 15.5 Å². The summed E-state index contributed by atoms with van der Waals surface area (Å²) >= 11 is 2.53. The van der Waals surface area contributed by atoms with Crippen molar-refractivity contribution >= 4 is 50.2 Å². The minimum absolute atomic E-state index is 0.0707. The summed E-state index contributed by atoms with van der Waals surface area (Å²) in [4.78, 5) is 51.4. The first kappa shape index (κ1) is 24.2. The van der Waals surface area contributed by atoms with Crippen LogP contribution in [0, 0.1) is 6.92 Å². The van der Waals surface area contributed by atoms with Crippen LogP contribution >= 0.6 is 23.1 Å². The zero-order chi connectivity index (χ0) is 24.4. The Morgan fingerprint density at radius 2 is 2.00 bits per heavy atom. The number of carbonyl (C=O) groups excluding carboxylic acids is 1. The molecule has 0 saturated heterocycles. The second-order valence-electron chi connectivity index (χ2n) is 7.89. The van der Waals surface area contributed by atoms with Gasteiger partial charge in [0, 0.05) is 6.54 Å². The predicted octanol–water partition coefficient (Wildman–Crippen LogP) is 4.83. The monoisotopic (exact) mass is 498 g/mol. The molecule has 8 nitrogen and oxygen atoms in total. The minimum Gasteiger partial charge on any atom is -0.462 e. The number of nitrogens with one attached hydrogen (secondary N) is 1. The SMILES string of the molecule is CCCCn1c(SC(C)c2nc3sc(C(=O)OCC)c(C)c3c(=O)[nH]2)nc2ccccc2c1=O. The number of aromatic amines is 1. The Hall–Kier alpha value is -2.98. The van der Waals surface area contributed by atoms with E-state index < -0.39 is 5.97 Å². The number of benzene rings is 1. The van der Waals surface area contributed by atoms with Crippen LogP contribution in [-0.4, -0.2) is 32.1 Å². The maximum Gasteiger partial charge on any atom is 0.348 e. The lowest BCUT2D eigenvalue weighted by molar-refractivity contribution is 0.0531. The average molecular weight is 499 g/mol. The molecule has 4 aromatic rings. The number of esters is 1. The molecule has 0 aliphatic heterocycles. The third-order valence-electron chi connectivity index (χ3n) is 5.51. The fraction of sp³-hybridized carbons (Fsp3) is 0.375. The van der Waals surface area contributed by atoms with Crippen molar-refractivity contribution in [3.8, 4) is 0 Å². The van der Waals surface area contributed by atoms with Crippen LogP contribution in [0.25, 0.3) is 21.1 Å². The quantitative estimate of drug-likeness (QED) is 0.211. The second-order valence-corrected chi connectivity index (χ2v) is 10.2. The smallest absolute Gasteiger partial charge is 0.348 e. The predicted molar refractivity (Wildman–Crippen MR) is 136 cm³/mol. The summed E-state index contributed by atoms with van der Waals surface area (Å²) in [5.74, 6) is 0.00952. The van der Waals surface area contributed by atoms with Gasteiger partial charge in [-0.25, -0.2) is 14.8 Å². The van der Waals surface area contributed by atoms with E-state index in [4.69, 9.17) is 9.72 Å². The molecule has 1 atom stereocenters. The number of hydrogen-bond acceptors (Lipinski definition) is 8. The number of aromatic nitrogens is 4. The van der Waals surface area contributed by atoms with Gasteiger partial charge in [-0.1, -0.05) is 37.2 Å². The Bertz CT molecular complexity index is 1490. The fourth-order valence-electron chi connectivity index (χ4n) is 3.71. The molecule has 34 heavy (non-hydrogen) atoms. The van der Waals surface area contributed by atoms with Gasteiger partial charge in [0.15, 0.2) is 5.16 Å². The summed E-state index contributed by atoms with van der Waals surface area (Å²) < 4.78 is 6.82. The van der Waals surface area contributed by atoms with Crippen LogP contribution < -0.4 is 11.1 Å². The lowest BCUT2D eigenvalue weighted by Gasteiger charge is -2.16. The van der Waals surface area contributed by atoms with E-state index in [9.17, 15) is 14.4 Å². The van der Waals surface area contributed by atoms with Gasteiger partial charge in [-0.05, 0) is 44.9 Å². The van der Waals surface area contributed by atoms with Gasteiger partial charge in [0.05, 0.1) is 28.1 Å². The number of fused-ring (bicyclic) bond motifs is 2. The summed E-state index contributed by atoms with van der Waals surface area (Å²) in [6.07, 6.45) is 1.80. The molecule has 0 aliphatic rings. The standard InChI is InChI=1S/C24H26N4O4S2/c1-5-7-12-28-22(30)15-10-8-9-11-16(15)25-24(28)33-14(4)19-26-20(29)17-13(3)18(23(31)32-6-2)34-21(17)27-19/h8-11,14H,5-7,12H2,1-4H3,(H,26,27,29). The van der Waals surface area contributed by atoms with E-state index in [0.29, 0.717) is 49.1 Å².